The number of sulfonamides is 1. The number of hydrogen-bond acceptors (Lipinski definition) is 3. The van der Waals surface area contributed by atoms with Gasteiger partial charge in [-0.05, 0) is 29.8 Å². The first-order valence-corrected chi connectivity index (χ1v) is 7.56. The second kappa shape index (κ2) is 6.30. The molecule has 4 nitrogen and oxygen atoms in total. The molecule has 0 bridgehead atoms. The van der Waals surface area contributed by atoms with Crippen LogP contribution in [0, 0.1) is 11.6 Å². The van der Waals surface area contributed by atoms with Crippen LogP contribution in [0.2, 0.25) is 0 Å². The lowest BCUT2D eigenvalue weighted by molar-refractivity contribution is 0.182. The van der Waals surface area contributed by atoms with Crippen LogP contribution >= 0.6 is 0 Å². The van der Waals surface area contributed by atoms with Crippen LogP contribution in [-0.4, -0.2) is 20.1 Å². The molecule has 7 heteroatoms. The van der Waals surface area contributed by atoms with Crippen molar-refractivity contribution in [3.8, 4) is 0 Å². The molecule has 0 aromatic heterocycles. The summed E-state index contributed by atoms with van der Waals surface area (Å²) >= 11 is 0. The van der Waals surface area contributed by atoms with Crippen molar-refractivity contribution in [3.05, 3.63) is 65.7 Å². The SMILES string of the molecule is O=S(=O)(NCC(O)c1ccc(F)cc1)c1ccccc1F. The zero-order chi connectivity index (χ0) is 15.5. The van der Waals surface area contributed by atoms with Crippen LogP contribution in [0.5, 0.6) is 0 Å². The summed E-state index contributed by atoms with van der Waals surface area (Å²) in [6.45, 7) is -0.345. The van der Waals surface area contributed by atoms with Crippen molar-refractivity contribution in [1.82, 2.24) is 4.72 Å². The molecule has 0 radical (unpaired) electrons. The van der Waals surface area contributed by atoms with Crippen molar-refractivity contribution in [2.24, 2.45) is 0 Å². The number of nitrogens with one attached hydrogen (secondary N) is 1. The van der Waals surface area contributed by atoms with Crippen molar-refractivity contribution in [1.29, 1.82) is 0 Å². The van der Waals surface area contributed by atoms with Crippen LogP contribution in [0.15, 0.2) is 53.4 Å². The van der Waals surface area contributed by atoms with E-state index in [2.05, 4.69) is 4.72 Å². The highest BCUT2D eigenvalue weighted by molar-refractivity contribution is 7.89. The molecule has 1 atom stereocenters. The van der Waals surface area contributed by atoms with E-state index in [1.807, 2.05) is 0 Å². The van der Waals surface area contributed by atoms with Crippen LogP contribution in [0.4, 0.5) is 8.78 Å². The number of halogens is 2. The Morgan fingerprint density at radius 1 is 1.05 bits per heavy atom. The zero-order valence-corrected chi connectivity index (χ0v) is 11.6. The fourth-order valence-corrected chi connectivity index (χ4v) is 2.85. The summed E-state index contributed by atoms with van der Waals surface area (Å²) in [7, 11) is -4.06. The van der Waals surface area contributed by atoms with E-state index in [-0.39, 0.29) is 6.54 Å². The van der Waals surface area contributed by atoms with Gasteiger partial charge in [-0.15, -0.1) is 0 Å². The summed E-state index contributed by atoms with van der Waals surface area (Å²) in [5.74, 6) is -1.33. The molecule has 21 heavy (non-hydrogen) atoms. The summed E-state index contributed by atoms with van der Waals surface area (Å²) in [6, 6.07) is 9.94. The molecule has 112 valence electrons. The predicted octanol–water partition coefficient (Wildman–Crippen LogP) is 1.98. The monoisotopic (exact) mass is 313 g/mol. The van der Waals surface area contributed by atoms with Gasteiger partial charge in [0.25, 0.3) is 0 Å². The Morgan fingerprint density at radius 2 is 1.67 bits per heavy atom. The molecule has 2 N–H and O–H groups in total. The van der Waals surface area contributed by atoms with Crippen LogP contribution < -0.4 is 4.72 Å². The maximum Gasteiger partial charge on any atom is 0.243 e. The molecule has 0 aliphatic rings. The zero-order valence-electron chi connectivity index (χ0n) is 10.8. The van der Waals surface area contributed by atoms with E-state index in [1.54, 1.807) is 0 Å². The average molecular weight is 313 g/mol. The van der Waals surface area contributed by atoms with E-state index in [9.17, 15) is 22.3 Å². The molecule has 0 spiro atoms. The molecular formula is C14H13F2NO3S. The molecule has 0 aliphatic heterocycles. The number of hydrogen-bond donors (Lipinski definition) is 2. The minimum absolute atomic E-state index is 0.345. The summed E-state index contributed by atoms with van der Waals surface area (Å²) in [4.78, 5) is -0.490. The molecule has 1 unspecified atom stereocenters. The quantitative estimate of drug-likeness (QED) is 0.887. The van der Waals surface area contributed by atoms with Gasteiger partial charge in [0.15, 0.2) is 0 Å². The van der Waals surface area contributed by atoms with E-state index >= 15 is 0 Å². The Kier molecular flexibility index (Phi) is 4.66. The molecule has 0 amide bonds. The number of aliphatic hydroxyl groups excluding tert-OH is 1. The van der Waals surface area contributed by atoms with Gasteiger partial charge in [-0.2, -0.15) is 0 Å². The summed E-state index contributed by atoms with van der Waals surface area (Å²) in [5, 5.41) is 9.85. The highest BCUT2D eigenvalue weighted by Crippen LogP contribution is 2.16. The maximum atomic E-state index is 13.5. The van der Waals surface area contributed by atoms with Crippen molar-refractivity contribution >= 4 is 10.0 Å². The summed E-state index contributed by atoms with van der Waals surface area (Å²) in [6.07, 6.45) is -1.16. The minimum atomic E-state index is -4.06. The van der Waals surface area contributed by atoms with E-state index in [1.165, 1.54) is 24.3 Å². The van der Waals surface area contributed by atoms with Gasteiger partial charge in [0.05, 0.1) is 6.10 Å². The fraction of sp³-hybridized carbons (Fsp3) is 0.143. The van der Waals surface area contributed by atoms with Crippen LogP contribution in [0.3, 0.4) is 0 Å². The molecular weight excluding hydrogens is 300 g/mol. The molecule has 2 rings (SSSR count). The molecule has 2 aromatic rings. The lowest BCUT2D eigenvalue weighted by Gasteiger charge is -2.13. The van der Waals surface area contributed by atoms with Gasteiger partial charge in [0.1, 0.15) is 16.5 Å². The van der Waals surface area contributed by atoms with E-state index in [4.69, 9.17) is 0 Å². The maximum absolute atomic E-state index is 13.5. The highest BCUT2D eigenvalue weighted by Gasteiger charge is 2.20. The van der Waals surface area contributed by atoms with Crippen LogP contribution in [-0.2, 0) is 10.0 Å². The van der Waals surface area contributed by atoms with Gasteiger partial charge in [0.2, 0.25) is 10.0 Å². The third-order valence-electron chi connectivity index (χ3n) is 2.85. The molecule has 2 aromatic carbocycles. The van der Waals surface area contributed by atoms with E-state index in [0.717, 1.165) is 24.3 Å². The first kappa shape index (κ1) is 15.6. The van der Waals surface area contributed by atoms with Gasteiger partial charge in [-0.3, -0.25) is 0 Å². The Labute approximate surface area is 121 Å². The smallest absolute Gasteiger partial charge is 0.243 e. The Hall–Kier alpha value is -1.83. The van der Waals surface area contributed by atoms with Crippen molar-refractivity contribution < 1.29 is 22.3 Å². The average Bonchev–Trinajstić information content (AvgIpc) is 2.46. The van der Waals surface area contributed by atoms with Gasteiger partial charge in [-0.25, -0.2) is 21.9 Å². The molecule has 0 aliphatic carbocycles. The first-order chi connectivity index (χ1) is 9.90. The Balaban J connectivity index is 2.08. The minimum Gasteiger partial charge on any atom is -0.387 e. The lowest BCUT2D eigenvalue weighted by atomic mass is 10.1. The van der Waals surface area contributed by atoms with E-state index in [0.29, 0.717) is 5.56 Å². The third-order valence-corrected chi connectivity index (χ3v) is 4.30. The number of aliphatic hydroxyl groups is 1. The second-order valence-electron chi connectivity index (χ2n) is 4.35. The molecule has 0 heterocycles. The normalized spacial score (nSPS) is 13.1. The van der Waals surface area contributed by atoms with Gasteiger partial charge >= 0.3 is 0 Å². The topological polar surface area (TPSA) is 66.4 Å². The predicted molar refractivity (Wildman–Crippen MR) is 72.9 cm³/mol. The first-order valence-electron chi connectivity index (χ1n) is 6.08. The van der Waals surface area contributed by atoms with Gasteiger partial charge < -0.3 is 5.11 Å². The second-order valence-corrected chi connectivity index (χ2v) is 6.09. The van der Waals surface area contributed by atoms with Gasteiger partial charge in [0, 0.05) is 6.54 Å². The fourth-order valence-electron chi connectivity index (χ4n) is 1.73. The number of rotatable bonds is 5. The lowest BCUT2D eigenvalue weighted by Crippen LogP contribution is -2.29. The van der Waals surface area contributed by atoms with Crippen LogP contribution in [0.25, 0.3) is 0 Å². The standard InChI is InChI=1S/C14H13F2NO3S/c15-11-7-5-10(6-8-11)13(18)9-17-21(19,20)14-4-2-1-3-12(14)16/h1-8,13,17-18H,9H2. The largest absolute Gasteiger partial charge is 0.387 e. The summed E-state index contributed by atoms with van der Waals surface area (Å²) in [5.41, 5.74) is 0.354. The van der Waals surface area contributed by atoms with E-state index < -0.39 is 32.7 Å². The third kappa shape index (κ3) is 3.84. The summed E-state index contributed by atoms with van der Waals surface area (Å²) < 4.78 is 52.2. The molecule has 0 fully saturated rings. The molecule has 0 saturated heterocycles. The Morgan fingerprint density at radius 3 is 2.29 bits per heavy atom. The van der Waals surface area contributed by atoms with Crippen molar-refractivity contribution in [2.75, 3.05) is 6.54 Å². The number of benzene rings is 2. The van der Waals surface area contributed by atoms with Crippen molar-refractivity contribution in [2.45, 2.75) is 11.0 Å². The van der Waals surface area contributed by atoms with Crippen LogP contribution in [0.1, 0.15) is 11.7 Å². The Bertz CT molecular complexity index is 717. The van der Waals surface area contributed by atoms with Crippen molar-refractivity contribution in [3.63, 3.8) is 0 Å². The molecule has 0 saturated carbocycles. The van der Waals surface area contributed by atoms with Gasteiger partial charge in [-0.1, -0.05) is 24.3 Å². The highest BCUT2D eigenvalue weighted by atomic mass is 32.2.